The minimum Gasteiger partial charge on any atom is -0.462 e. The fourth-order valence-electron chi connectivity index (χ4n) is 10.7. The Kier molecular flexibility index (Phi) is 68.6. The van der Waals surface area contributed by atoms with Gasteiger partial charge >= 0.3 is 17.9 Å². The van der Waals surface area contributed by atoms with Crippen molar-refractivity contribution < 1.29 is 28.6 Å². The van der Waals surface area contributed by atoms with Crippen LogP contribution in [0.3, 0.4) is 0 Å². The molecule has 1 atom stereocenters. The molecule has 6 nitrogen and oxygen atoms in total. The van der Waals surface area contributed by atoms with E-state index in [1.165, 1.54) is 257 Å². The Hall–Kier alpha value is -3.15. The van der Waals surface area contributed by atoms with Crippen LogP contribution < -0.4 is 0 Å². The number of unbranched alkanes of at least 4 members (excludes halogenated alkanes) is 44. The number of carbonyl (C=O) groups is 3. The van der Waals surface area contributed by atoms with Gasteiger partial charge in [0, 0.05) is 19.3 Å². The van der Waals surface area contributed by atoms with Gasteiger partial charge in [-0.2, -0.15) is 0 Å². The Morgan fingerprint density at radius 2 is 0.434 bits per heavy atom. The third kappa shape index (κ3) is 69.5. The normalized spacial score (nSPS) is 12.5. The average molecular weight is 1160 g/mol. The molecule has 0 aliphatic heterocycles. The molecule has 0 aliphatic rings. The van der Waals surface area contributed by atoms with Crippen LogP contribution >= 0.6 is 0 Å². The maximum atomic E-state index is 12.9. The van der Waals surface area contributed by atoms with Crippen LogP contribution in [0.2, 0.25) is 0 Å². The molecule has 0 aromatic rings. The van der Waals surface area contributed by atoms with Crippen molar-refractivity contribution in [3.8, 4) is 0 Å². The van der Waals surface area contributed by atoms with E-state index in [1.54, 1.807) is 0 Å². The molecule has 83 heavy (non-hydrogen) atoms. The molecule has 0 saturated heterocycles. The SMILES string of the molecule is CCCCCCC/C=C\C/C=C\C/C=C\CCCCCCCCCCCCCCCCC(=O)OCC(COC(=O)CCCCCCCCC)OC(=O)CCCCCCCCCCCCCCCC/C=C\C/C=C\C/C=C\CCCCCCC. The first-order valence-corrected chi connectivity index (χ1v) is 36.4. The van der Waals surface area contributed by atoms with Gasteiger partial charge in [-0.05, 0) is 96.3 Å². The molecule has 0 amide bonds. The fraction of sp³-hybridized carbons (Fsp3) is 0.805. The van der Waals surface area contributed by atoms with Gasteiger partial charge in [0.2, 0.25) is 0 Å². The summed E-state index contributed by atoms with van der Waals surface area (Å²) in [5.74, 6) is -0.860. The van der Waals surface area contributed by atoms with E-state index in [2.05, 4.69) is 93.7 Å². The molecule has 0 aromatic heterocycles. The van der Waals surface area contributed by atoms with Gasteiger partial charge in [0.25, 0.3) is 0 Å². The number of hydrogen-bond donors (Lipinski definition) is 0. The van der Waals surface area contributed by atoms with E-state index in [4.69, 9.17) is 14.2 Å². The lowest BCUT2D eigenvalue weighted by molar-refractivity contribution is -0.167. The number of hydrogen-bond acceptors (Lipinski definition) is 6. The molecule has 0 aliphatic carbocycles. The number of rotatable bonds is 67. The highest BCUT2D eigenvalue weighted by atomic mass is 16.6. The van der Waals surface area contributed by atoms with Crippen molar-refractivity contribution in [1.29, 1.82) is 0 Å². The minimum atomic E-state index is -0.773. The maximum absolute atomic E-state index is 12.9. The summed E-state index contributed by atoms with van der Waals surface area (Å²) in [6.07, 6.45) is 93.9. The molecular weight excluding hydrogens is 1020 g/mol. The summed E-state index contributed by atoms with van der Waals surface area (Å²) in [6.45, 7) is 6.62. The van der Waals surface area contributed by atoms with Crippen molar-refractivity contribution in [3.05, 3.63) is 72.9 Å². The van der Waals surface area contributed by atoms with E-state index in [1.807, 2.05) is 0 Å². The standard InChI is InChI=1S/C77H138O6/c1-4-7-10-13-16-18-20-22-24-26-28-30-32-34-36-38-40-42-44-46-48-50-52-54-56-58-61-64-67-70-76(79)82-73-74(72-81-75(78)69-66-63-60-15-12-9-6-3)83-77(80)71-68-65-62-59-57-55-53-51-49-47-45-43-41-39-37-35-33-31-29-27-25-23-21-19-17-14-11-8-5-2/h20-23,26-29,32-35,74H,4-19,24-25,30-31,36-73H2,1-3H3/b22-20-,23-21-,28-26-,29-27-,34-32-,35-33-. The smallest absolute Gasteiger partial charge is 0.306 e. The van der Waals surface area contributed by atoms with E-state index in [9.17, 15) is 14.4 Å². The highest BCUT2D eigenvalue weighted by Gasteiger charge is 2.19. The molecule has 6 heteroatoms. The molecule has 0 radical (unpaired) electrons. The molecule has 0 spiro atoms. The lowest BCUT2D eigenvalue weighted by atomic mass is 10.0. The van der Waals surface area contributed by atoms with Gasteiger partial charge in [0.15, 0.2) is 6.10 Å². The van der Waals surface area contributed by atoms with Gasteiger partial charge < -0.3 is 14.2 Å². The Labute approximate surface area is 516 Å². The molecule has 0 heterocycles. The fourth-order valence-corrected chi connectivity index (χ4v) is 10.7. The van der Waals surface area contributed by atoms with E-state index in [-0.39, 0.29) is 31.1 Å². The maximum Gasteiger partial charge on any atom is 0.306 e. The average Bonchev–Trinajstić information content (AvgIpc) is 3.49. The Morgan fingerprint density at radius 1 is 0.241 bits per heavy atom. The summed E-state index contributed by atoms with van der Waals surface area (Å²) in [7, 11) is 0. The molecule has 0 bridgehead atoms. The number of carbonyl (C=O) groups excluding carboxylic acids is 3. The van der Waals surface area contributed by atoms with Crippen molar-refractivity contribution >= 4 is 17.9 Å². The van der Waals surface area contributed by atoms with Crippen molar-refractivity contribution in [2.45, 2.75) is 386 Å². The van der Waals surface area contributed by atoms with Crippen LogP contribution in [0.25, 0.3) is 0 Å². The Morgan fingerprint density at radius 3 is 0.675 bits per heavy atom. The predicted octanol–water partition coefficient (Wildman–Crippen LogP) is 25.2. The zero-order valence-electron chi connectivity index (χ0n) is 55.5. The second-order valence-corrected chi connectivity index (χ2v) is 24.5. The lowest BCUT2D eigenvalue weighted by Gasteiger charge is -2.18. The monoisotopic (exact) mass is 1160 g/mol. The Balaban J connectivity index is 4.05. The van der Waals surface area contributed by atoms with Gasteiger partial charge in [-0.25, -0.2) is 0 Å². The minimum absolute atomic E-state index is 0.0719. The van der Waals surface area contributed by atoms with E-state index in [0.29, 0.717) is 19.3 Å². The molecular formula is C77H138O6. The van der Waals surface area contributed by atoms with Crippen molar-refractivity contribution in [2.75, 3.05) is 13.2 Å². The molecule has 482 valence electrons. The molecule has 0 aromatic carbocycles. The van der Waals surface area contributed by atoms with E-state index >= 15 is 0 Å². The molecule has 0 saturated carbocycles. The van der Waals surface area contributed by atoms with Gasteiger partial charge in [0.1, 0.15) is 13.2 Å². The van der Waals surface area contributed by atoms with Gasteiger partial charge in [-0.1, -0.05) is 338 Å². The first kappa shape index (κ1) is 79.8. The summed E-state index contributed by atoms with van der Waals surface area (Å²) in [5, 5.41) is 0. The van der Waals surface area contributed by atoms with E-state index in [0.717, 1.165) is 83.5 Å². The zero-order chi connectivity index (χ0) is 59.9. The quantitative estimate of drug-likeness (QED) is 0.0261. The summed E-state index contributed by atoms with van der Waals surface area (Å²) >= 11 is 0. The lowest BCUT2D eigenvalue weighted by Crippen LogP contribution is -2.30. The van der Waals surface area contributed by atoms with Gasteiger partial charge in [-0.15, -0.1) is 0 Å². The van der Waals surface area contributed by atoms with Crippen molar-refractivity contribution in [2.24, 2.45) is 0 Å². The second-order valence-electron chi connectivity index (χ2n) is 24.5. The molecule has 0 fully saturated rings. The number of esters is 3. The van der Waals surface area contributed by atoms with Gasteiger partial charge in [0.05, 0.1) is 0 Å². The Bertz CT molecular complexity index is 1520. The highest BCUT2D eigenvalue weighted by molar-refractivity contribution is 5.71. The van der Waals surface area contributed by atoms with Crippen LogP contribution in [0.1, 0.15) is 380 Å². The molecule has 0 rings (SSSR count). The third-order valence-corrected chi connectivity index (χ3v) is 16.2. The second kappa shape index (κ2) is 71.3. The molecule has 0 N–H and O–H groups in total. The van der Waals surface area contributed by atoms with Crippen LogP contribution in [-0.4, -0.2) is 37.2 Å². The topological polar surface area (TPSA) is 78.9 Å². The zero-order valence-corrected chi connectivity index (χ0v) is 55.5. The highest BCUT2D eigenvalue weighted by Crippen LogP contribution is 2.18. The van der Waals surface area contributed by atoms with Crippen LogP contribution in [0.4, 0.5) is 0 Å². The van der Waals surface area contributed by atoms with Crippen LogP contribution in [-0.2, 0) is 28.6 Å². The van der Waals surface area contributed by atoms with Crippen molar-refractivity contribution in [1.82, 2.24) is 0 Å². The number of allylic oxidation sites excluding steroid dienone is 12. The first-order valence-electron chi connectivity index (χ1n) is 36.4. The number of ether oxygens (including phenoxy) is 3. The van der Waals surface area contributed by atoms with Crippen LogP contribution in [0.5, 0.6) is 0 Å². The third-order valence-electron chi connectivity index (χ3n) is 16.2. The largest absolute Gasteiger partial charge is 0.462 e. The first-order chi connectivity index (χ1) is 41.0. The predicted molar refractivity (Wildman–Crippen MR) is 362 cm³/mol. The van der Waals surface area contributed by atoms with Gasteiger partial charge in [-0.3, -0.25) is 14.4 Å². The summed E-state index contributed by atoms with van der Waals surface area (Å²) < 4.78 is 16.9. The summed E-state index contributed by atoms with van der Waals surface area (Å²) in [4.78, 5) is 38.2. The van der Waals surface area contributed by atoms with Crippen LogP contribution in [0.15, 0.2) is 72.9 Å². The van der Waals surface area contributed by atoms with E-state index < -0.39 is 6.10 Å². The van der Waals surface area contributed by atoms with Crippen LogP contribution in [0, 0.1) is 0 Å². The summed E-state index contributed by atoms with van der Waals surface area (Å²) in [6, 6.07) is 0. The summed E-state index contributed by atoms with van der Waals surface area (Å²) in [5.41, 5.74) is 0. The molecule has 1 unspecified atom stereocenters. The van der Waals surface area contributed by atoms with Crippen molar-refractivity contribution in [3.63, 3.8) is 0 Å².